The van der Waals surface area contributed by atoms with Gasteiger partial charge in [-0.05, 0) is 66.2 Å². The third-order valence-corrected chi connectivity index (χ3v) is 6.50. The van der Waals surface area contributed by atoms with Crippen molar-refractivity contribution in [3.05, 3.63) is 83.4 Å². The zero-order valence-electron chi connectivity index (χ0n) is 26.2. The fourth-order valence-corrected chi connectivity index (χ4v) is 3.78. The molecule has 242 valence electrons. The molecule has 0 radical (unpaired) electrons. The second-order valence-corrected chi connectivity index (χ2v) is 11.5. The van der Waals surface area contributed by atoms with Gasteiger partial charge in [0.05, 0.1) is 29.6 Å². The van der Waals surface area contributed by atoms with Crippen LogP contribution < -0.4 is 24.3 Å². The highest BCUT2D eigenvalue weighted by Crippen LogP contribution is 2.32. The molecule has 0 aliphatic heterocycles. The Hall–Kier alpha value is -4.25. The molecule has 0 aromatic heterocycles. The molecule has 3 rings (SSSR count). The van der Waals surface area contributed by atoms with E-state index in [2.05, 4.69) is 5.32 Å². The number of carbonyl (C=O) groups excluding carboxylic acids is 4. The fourth-order valence-electron chi connectivity index (χ4n) is 3.78. The summed E-state index contributed by atoms with van der Waals surface area (Å²) in [6, 6.07) is 16.8. The molecule has 10 nitrogen and oxygen atoms in total. The predicted molar refractivity (Wildman–Crippen MR) is 170 cm³/mol. The first-order valence-corrected chi connectivity index (χ1v) is 14.3. The summed E-state index contributed by atoms with van der Waals surface area (Å²) in [6.07, 6.45) is 0. The minimum atomic E-state index is -0.663. The molecule has 0 spiro atoms. The second kappa shape index (κ2) is 16.7. The van der Waals surface area contributed by atoms with E-state index in [-0.39, 0.29) is 65.4 Å². The Kier molecular flexibility index (Phi) is 13.7. The van der Waals surface area contributed by atoms with Crippen LogP contribution >= 0.6 is 12.4 Å². The molecule has 0 aliphatic rings. The van der Waals surface area contributed by atoms with E-state index < -0.39 is 17.4 Å². The highest BCUT2D eigenvalue weighted by atomic mass is 35.5. The number of aliphatic hydroxyl groups excluding tert-OH is 1. The summed E-state index contributed by atoms with van der Waals surface area (Å²) >= 11 is 0. The van der Waals surface area contributed by atoms with Crippen LogP contribution in [0.15, 0.2) is 66.7 Å². The molecule has 0 saturated heterocycles. The Labute approximate surface area is 269 Å². The number of rotatable bonds is 13. The van der Waals surface area contributed by atoms with Crippen LogP contribution in [0.5, 0.6) is 23.0 Å². The van der Waals surface area contributed by atoms with Crippen molar-refractivity contribution in [3.8, 4) is 23.0 Å². The monoisotopic (exact) mass is 641 g/mol. The van der Waals surface area contributed by atoms with E-state index in [1.165, 1.54) is 54.6 Å². The van der Waals surface area contributed by atoms with E-state index in [0.29, 0.717) is 30.2 Å². The summed E-state index contributed by atoms with van der Waals surface area (Å²) in [5, 5.41) is 12.3. The first-order chi connectivity index (χ1) is 20.8. The third kappa shape index (κ3) is 11.0. The lowest BCUT2D eigenvalue weighted by atomic mass is 9.84. The molecule has 0 heterocycles. The van der Waals surface area contributed by atoms with Crippen LogP contribution in [0.3, 0.4) is 0 Å². The minimum absolute atomic E-state index is 0. The Morgan fingerprint density at radius 1 is 0.667 bits per heavy atom. The predicted octanol–water partition coefficient (Wildman–Crippen LogP) is 5.53. The van der Waals surface area contributed by atoms with Crippen molar-refractivity contribution in [2.24, 2.45) is 11.8 Å². The van der Waals surface area contributed by atoms with E-state index in [9.17, 15) is 24.3 Å². The van der Waals surface area contributed by atoms with Gasteiger partial charge in [0.15, 0.2) is 0 Å². The number of benzene rings is 3. The fraction of sp³-hybridized carbons (Fsp3) is 0.353. The molecule has 0 fully saturated rings. The Morgan fingerprint density at radius 2 is 1.07 bits per heavy atom. The molecule has 0 aliphatic carbocycles. The van der Waals surface area contributed by atoms with Crippen LogP contribution in [-0.2, 0) is 15.0 Å². The van der Waals surface area contributed by atoms with Gasteiger partial charge in [-0.3, -0.25) is 9.59 Å². The summed E-state index contributed by atoms with van der Waals surface area (Å²) in [4.78, 5) is 49.8. The van der Waals surface area contributed by atoms with Gasteiger partial charge in [0.2, 0.25) is 0 Å². The first-order valence-electron chi connectivity index (χ1n) is 14.3. The Balaban J connectivity index is 0.00000705. The van der Waals surface area contributed by atoms with Crippen molar-refractivity contribution in [2.45, 2.75) is 47.0 Å². The zero-order valence-corrected chi connectivity index (χ0v) is 27.1. The number of nitrogens with one attached hydrogen (secondary N) is 1. The number of ether oxygens (including phenoxy) is 4. The summed E-state index contributed by atoms with van der Waals surface area (Å²) in [5.74, 6) is -1.79. The second-order valence-electron chi connectivity index (χ2n) is 11.5. The number of carbonyl (C=O) groups is 4. The van der Waals surface area contributed by atoms with E-state index in [1.54, 1.807) is 39.8 Å². The molecule has 0 atom stereocenters. The molecule has 0 bridgehead atoms. The van der Waals surface area contributed by atoms with Gasteiger partial charge in [-0.25, -0.2) is 9.59 Å². The highest BCUT2D eigenvalue weighted by Gasteiger charge is 2.24. The SMILES string of the molecule is CC(C)C(=O)Oc1ccc(C(=O)Oc2cc(OC(=O)c3ccc(OC(=O)C(C)C)cc3)cc(C(C)(C)CNCCO)c2)cc1.Cl. The van der Waals surface area contributed by atoms with Crippen LogP contribution in [0.1, 0.15) is 67.8 Å². The molecule has 3 aromatic rings. The maximum absolute atomic E-state index is 13.0. The standard InChI is InChI=1S/C34H39NO9.ClH/c1-21(2)30(37)41-26-11-7-23(8-12-26)32(39)43-28-17-25(34(5,6)20-35-15-16-36)18-29(19-28)44-33(40)24-9-13-27(14-10-24)42-31(38)22(3)4;/h7-14,17-19,21-22,35-36H,15-16,20H2,1-6H3;1H. The van der Waals surface area contributed by atoms with Crippen LogP contribution in [0.2, 0.25) is 0 Å². The van der Waals surface area contributed by atoms with Crippen molar-refractivity contribution in [3.63, 3.8) is 0 Å². The molecule has 2 N–H and O–H groups in total. The normalized spacial score (nSPS) is 11.0. The molecule has 0 unspecified atom stereocenters. The summed E-state index contributed by atoms with van der Waals surface area (Å²) in [6.45, 7) is 11.6. The smallest absolute Gasteiger partial charge is 0.343 e. The van der Waals surface area contributed by atoms with Crippen LogP contribution in [0.25, 0.3) is 0 Å². The molecular formula is C34H40ClNO9. The maximum Gasteiger partial charge on any atom is 0.343 e. The van der Waals surface area contributed by atoms with Gasteiger partial charge in [0.1, 0.15) is 23.0 Å². The third-order valence-electron chi connectivity index (χ3n) is 6.50. The number of esters is 4. The van der Waals surface area contributed by atoms with Gasteiger partial charge in [-0.15, -0.1) is 12.4 Å². The van der Waals surface area contributed by atoms with Gasteiger partial charge in [-0.1, -0.05) is 41.5 Å². The molecule has 3 aromatic carbocycles. The van der Waals surface area contributed by atoms with Crippen LogP contribution in [0.4, 0.5) is 0 Å². The lowest BCUT2D eigenvalue weighted by Gasteiger charge is -2.26. The molecule has 45 heavy (non-hydrogen) atoms. The van der Waals surface area contributed by atoms with Gasteiger partial charge in [0.25, 0.3) is 0 Å². The van der Waals surface area contributed by atoms with Gasteiger partial charge in [-0.2, -0.15) is 0 Å². The van der Waals surface area contributed by atoms with Crippen molar-refractivity contribution >= 4 is 36.3 Å². The largest absolute Gasteiger partial charge is 0.426 e. The first kappa shape index (κ1) is 36.9. The Morgan fingerprint density at radius 3 is 1.42 bits per heavy atom. The summed E-state index contributed by atoms with van der Waals surface area (Å²) in [5.41, 5.74) is 0.645. The van der Waals surface area contributed by atoms with E-state index in [4.69, 9.17) is 18.9 Å². The molecule has 11 heteroatoms. The van der Waals surface area contributed by atoms with Crippen LogP contribution in [0, 0.1) is 11.8 Å². The molecular weight excluding hydrogens is 602 g/mol. The number of halogens is 1. The van der Waals surface area contributed by atoms with Gasteiger partial charge >= 0.3 is 23.9 Å². The highest BCUT2D eigenvalue weighted by molar-refractivity contribution is 5.92. The van der Waals surface area contributed by atoms with Gasteiger partial charge in [0, 0.05) is 24.6 Å². The quantitative estimate of drug-likeness (QED) is 0.139. The Bertz CT molecular complexity index is 1370. The average Bonchev–Trinajstić information content (AvgIpc) is 2.97. The average molecular weight is 642 g/mol. The molecule has 0 amide bonds. The number of hydrogen-bond acceptors (Lipinski definition) is 10. The lowest BCUT2D eigenvalue weighted by Crippen LogP contribution is -2.34. The number of aliphatic hydroxyl groups is 1. The lowest BCUT2D eigenvalue weighted by molar-refractivity contribution is -0.138. The van der Waals surface area contributed by atoms with Crippen molar-refractivity contribution in [1.29, 1.82) is 0 Å². The minimum Gasteiger partial charge on any atom is -0.426 e. The van der Waals surface area contributed by atoms with Crippen molar-refractivity contribution < 1.29 is 43.2 Å². The summed E-state index contributed by atoms with van der Waals surface area (Å²) in [7, 11) is 0. The van der Waals surface area contributed by atoms with Crippen molar-refractivity contribution in [1.82, 2.24) is 5.32 Å². The topological polar surface area (TPSA) is 137 Å². The van der Waals surface area contributed by atoms with E-state index in [0.717, 1.165) is 0 Å². The summed E-state index contributed by atoms with van der Waals surface area (Å²) < 4.78 is 21.9. The van der Waals surface area contributed by atoms with Gasteiger partial charge < -0.3 is 29.4 Å². The van der Waals surface area contributed by atoms with Crippen molar-refractivity contribution in [2.75, 3.05) is 19.7 Å². The zero-order chi connectivity index (χ0) is 32.4. The van der Waals surface area contributed by atoms with E-state index >= 15 is 0 Å². The number of hydrogen-bond donors (Lipinski definition) is 2. The molecule has 0 saturated carbocycles. The van der Waals surface area contributed by atoms with Crippen LogP contribution in [-0.4, -0.2) is 48.7 Å². The maximum atomic E-state index is 13.0. The van der Waals surface area contributed by atoms with E-state index in [1.807, 2.05) is 13.8 Å².